The Morgan fingerprint density at radius 3 is 1.89 bits per heavy atom. The van der Waals surface area contributed by atoms with Crippen LogP contribution in [0.5, 0.6) is 11.5 Å². The molecule has 0 fully saturated rings. The summed E-state index contributed by atoms with van der Waals surface area (Å²) in [5, 5.41) is 0. The van der Waals surface area contributed by atoms with Crippen molar-refractivity contribution in [3.05, 3.63) is 54.6 Å². The molecule has 2 rings (SSSR count). The fraction of sp³-hybridized carbons (Fsp3) is 0.200. The van der Waals surface area contributed by atoms with E-state index in [9.17, 15) is 0 Å². The van der Waals surface area contributed by atoms with Gasteiger partial charge in [-0.25, -0.2) is 0 Å². The van der Waals surface area contributed by atoms with Crippen LogP contribution >= 0.6 is 0 Å². The molecule has 0 amide bonds. The molecule has 0 saturated heterocycles. The highest BCUT2D eigenvalue weighted by atomic mass is 16.5. The first kappa shape index (κ1) is 12.6. The minimum atomic E-state index is 0.676. The van der Waals surface area contributed by atoms with Crippen molar-refractivity contribution in [2.75, 3.05) is 13.2 Å². The van der Waals surface area contributed by atoms with E-state index in [4.69, 9.17) is 9.47 Å². The molecule has 0 spiro atoms. The Hall–Kier alpha value is -1.90. The minimum Gasteiger partial charge on any atom is -0.493 e. The van der Waals surface area contributed by atoms with Gasteiger partial charge in [-0.2, -0.15) is 0 Å². The number of hydrogen-bond acceptors (Lipinski definition) is 2. The summed E-state index contributed by atoms with van der Waals surface area (Å²) in [7, 11) is 2.07. The molecule has 2 nitrogen and oxygen atoms in total. The lowest BCUT2D eigenvalue weighted by Crippen LogP contribution is -2.06. The van der Waals surface area contributed by atoms with Crippen LogP contribution in [-0.2, 0) is 0 Å². The van der Waals surface area contributed by atoms with Gasteiger partial charge in [0.05, 0.1) is 13.2 Å². The van der Waals surface area contributed by atoms with Crippen molar-refractivity contribution in [3.63, 3.8) is 0 Å². The third-order valence-corrected chi connectivity index (χ3v) is 2.59. The summed E-state index contributed by atoms with van der Waals surface area (Å²) < 4.78 is 11.2. The SMILES string of the molecule is Bc1ccc(OCCCOc2ccccc2)cc1. The Bertz CT molecular complexity index is 454. The van der Waals surface area contributed by atoms with Crippen LogP contribution in [0, 0.1) is 0 Å². The second kappa shape index (κ2) is 6.75. The molecule has 0 bridgehead atoms. The normalized spacial score (nSPS) is 10.0. The maximum absolute atomic E-state index is 5.62. The predicted octanol–water partition coefficient (Wildman–Crippen LogP) is 1.79. The predicted molar refractivity (Wildman–Crippen MR) is 76.7 cm³/mol. The van der Waals surface area contributed by atoms with E-state index in [-0.39, 0.29) is 0 Å². The van der Waals surface area contributed by atoms with E-state index in [1.807, 2.05) is 42.5 Å². The monoisotopic (exact) mass is 240 g/mol. The van der Waals surface area contributed by atoms with Crippen molar-refractivity contribution >= 4 is 13.3 Å². The molecule has 18 heavy (non-hydrogen) atoms. The van der Waals surface area contributed by atoms with Gasteiger partial charge < -0.3 is 9.47 Å². The Morgan fingerprint density at radius 2 is 1.28 bits per heavy atom. The lowest BCUT2D eigenvalue weighted by Gasteiger charge is -2.08. The number of ether oxygens (including phenoxy) is 2. The van der Waals surface area contributed by atoms with E-state index in [0.717, 1.165) is 17.9 Å². The summed E-state index contributed by atoms with van der Waals surface area (Å²) in [4.78, 5) is 0. The zero-order valence-corrected chi connectivity index (χ0v) is 10.6. The van der Waals surface area contributed by atoms with Gasteiger partial charge in [0.25, 0.3) is 0 Å². The molecule has 3 heteroatoms. The van der Waals surface area contributed by atoms with E-state index >= 15 is 0 Å². The van der Waals surface area contributed by atoms with E-state index in [1.165, 1.54) is 5.46 Å². The van der Waals surface area contributed by atoms with Crippen LogP contribution < -0.4 is 14.9 Å². The molecule has 92 valence electrons. The van der Waals surface area contributed by atoms with E-state index < -0.39 is 0 Å². The lowest BCUT2D eigenvalue weighted by atomic mass is 9.97. The van der Waals surface area contributed by atoms with Crippen molar-refractivity contribution < 1.29 is 9.47 Å². The lowest BCUT2D eigenvalue weighted by molar-refractivity contribution is 0.247. The van der Waals surface area contributed by atoms with Crippen LogP contribution in [0.25, 0.3) is 0 Å². The smallest absolute Gasteiger partial charge is 0.139 e. The number of benzene rings is 2. The van der Waals surface area contributed by atoms with E-state index in [0.29, 0.717) is 13.2 Å². The highest BCUT2D eigenvalue weighted by molar-refractivity contribution is 6.32. The van der Waals surface area contributed by atoms with Crippen LogP contribution in [0.3, 0.4) is 0 Å². The first-order valence-electron chi connectivity index (χ1n) is 6.22. The molecule has 0 aliphatic carbocycles. The second-order valence-electron chi connectivity index (χ2n) is 4.18. The third-order valence-electron chi connectivity index (χ3n) is 2.59. The molecule has 2 aromatic rings. The van der Waals surface area contributed by atoms with Gasteiger partial charge in [-0.05, 0) is 24.3 Å². The Kier molecular flexibility index (Phi) is 4.71. The fourth-order valence-corrected chi connectivity index (χ4v) is 1.59. The number of rotatable bonds is 6. The summed E-state index contributed by atoms with van der Waals surface area (Å²) in [5.41, 5.74) is 1.25. The Morgan fingerprint density at radius 1 is 0.722 bits per heavy atom. The van der Waals surface area contributed by atoms with Crippen molar-refractivity contribution in [2.45, 2.75) is 6.42 Å². The largest absolute Gasteiger partial charge is 0.493 e. The van der Waals surface area contributed by atoms with Gasteiger partial charge >= 0.3 is 0 Å². The van der Waals surface area contributed by atoms with Crippen molar-refractivity contribution in [3.8, 4) is 11.5 Å². The average molecular weight is 240 g/mol. The molecule has 0 aromatic heterocycles. The molecule has 2 aromatic carbocycles. The molecule has 0 N–H and O–H groups in total. The van der Waals surface area contributed by atoms with Crippen molar-refractivity contribution in [2.24, 2.45) is 0 Å². The van der Waals surface area contributed by atoms with Gasteiger partial charge in [0.1, 0.15) is 19.3 Å². The third kappa shape index (κ3) is 4.17. The standard InChI is InChI=1S/C15H17BO2/c16-13-7-9-15(10-8-13)18-12-4-11-17-14-5-2-1-3-6-14/h1-3,5-10H,4,11-12,16H2. The topological polar surface area (TPSA) is 18.5 Å². The van der Waals surface area contributed by atoms with Crippen molar-refractivity contribution in [1.82, 2.24) is 0 Å². The first-order chi connectivity index (χ1) is 8.84. The van der Waals surface area contributed by atoms with Gasteiger partial charge in [0.2, 0.25) is 0 Å². The highest BCUT2D eigenvalue weighted by Gasteiger charge is 1.94. The molecule has 0 saturated carbocycles. The van der Waals surface area contributed by atoms with Gasteiger partial charge in [0.15, 0.2) is 0 Å². The van der Waals surface area contributed by atoms with Crippen LogP contribution in [-0.4, -0.2) is 21.1 Å². The summed E-state index contributed by atoms with van der Waals surface area (Å²) in [6.45, 7) is 1.35. The Labute approximate surface area is 109 Å². The van der Waals surface area contributed by atoms with Gasteiger partial charge in [-0.15, -0.1) is 0 Å². The zero-order chi connectivity index (χ0) is 12.6. The van der Waals surface area contributed by atoms with Crippen LogP contribution in [0.15, 0.2) is 54.6 Å². The maximum atomic E-state index is 5.62. The average Bonchev–Trinajstić information content (AvgIpc) is 2.42. The summed E-state index contributed by atoms with van der Waals surface area (Å²) in [6, 6.07) is 17.9. The first-order valence-corrected chi connectivity index (χ1v) is 6.22. The van der Waals surface area contributed by atoms with Crippen LogP contribution in [0.1, 0.15) is 6.42 Å². The summed E-state index contributed by atoms with van der Waals surface area (Å²) in [6.07, 6.45) is 0.878. The molecular weight excluding hydrogens is 223 g/mol. The molecule has 0 aliphatic rings. The van der Waals surface area contributed by atoms with Gasteiger partial charge in [0, 0.05) is 6.42 Å². The van der Waals surface area contributed by atoms with Gasteiger partial charge in [-0.1, -0.05) is 35.8 Å². The summed E-state index contributed by atoms with van der Waals surface area (Å²) >= 11 is 0. The number of hydrogen-bond donors (Lipinski definition) is 0. The van der Waals surface area contributed by atoms with E-state index in [1.54, 1.807) is 0 Å². The van der Waals surface area contributed by atoms with Crippen LogP contribution in [0.4, 0.5) is 0 Å². The maximum Gasteiger partial charge on any atom is 0.139 e. The van der Waals surface area contributed by atoms with Crippen LogP contribution in [0.2, 0.25) is 0 Å². The molecule has 0 heterocycles. The summed E-state index contributed by atoms with van der Waals surface area (Å²) in [5.74, 6) is 1.83. The fourth-order valence-electron chi connectivity index (χ4n) is 1.59. The Balaban J connectivity index is 1.63. The molecule has 0 atom stereocenters. The molecular formula is C15H17BO2. The minimum absolute atomic E-state index is 0.676. The van der Waals surface area contributed by atoms with E-state index in [2.05, 4.69) is 20.0 Å². The van der Waals surface area contributed by atoms with Crippen molar-refractivity contribution in [1.29, 1.82) is 0 Å². The molecule has 0 unspecified atom stereocenters. The quantitative estimate of drug-likeness (QED) is 0.566. The van der Waals surface area contributed by atoms with Gasteiger partial charge in [-0.3, -0.25) is 0 Å². The number of para-hydroxylation sites is 1. The second-order valence-corrected chi connectivity index (χ2v) is 4.18. The molecule has 0 radical (unpaired) electrons. The molecule has 0 aliphatic heterocycles. The zero-order valence-electron chi connectivity index (χ0n) is 10.6. The highest BCUT2D eigenvalue weighted by Crippen LogP contribution is 2.09.